The molecule has 0 amide bonds. The number of aromatic nitrogens is 1. The van der Waals surface area contributed by atoms with Gasteiger partial charge in [-0.2, -0.15) is 0 Å². The minimum absolute atomic E-state index is 0.686. The van der Waals surface area contributed by atoms with Crippen molar-refractivity contribution in [3.63, 3.8) is 0 Å². The lowest BCUT2D eigenvalue weighted by Crippen LogP contribution is -2.26. The van der Waals surface area contributed by atoms with Gasteiger partial charge in [-0.05, 0) is 18.9 Å². The predicted molar refractivity (Wildman–Crippen MR) is 76.3 cm³/mol. The first-order valence-electron chi connectivity index (χ1n) is 6.73. The second-order valence-corrected chi connectivity index (χ2v) is 5.94. The Morgan fingerprint density at radius 3 is 3.17 bits per heavy atom. The zero-order chi connectivity index (χ0) is 12.8. The molecule has 102 valence electrons. The largest absolute Gasteiger partial charge is 0.380 e. The van der Waals surface area contributed by atoms with E-state index >= 15 is 0 Å². The molecule has 18 heavy (non-hydrogen) atoms. The van der Waals surface area contributed by atoms with Crippen LogP contribution in [0.5, 0.6) is 0 Å². The molecule has 1 saturated heterocycles. The normalized spacial score (nSPS) is 17.2. The van der Waals surface area contributed by atoms with Gasteiger partial charge in [-0.3, -0.25) is 0 Å². The van der Waals surface area contributed by atoms with Crippen LogP contribution in [0, 0.1) is 5.92 Å². The third kappa shape index (κ3) is 4.23. The summed E-state index contributed by atoms with van der Waals surface area (Å²) in [5.74, 6) is 0.686. The quantitative estimate of drug-likeness (QED) is 0.888. The number of anilines is 1. The molecule has 0 aromatic carbocycles. The second-order valence-electron chi connectivity index (χ2n) is 5.10. The minimum atomic E-state index is 0.686. The highest BCUT2D eigenvalue weighted by Gasteiger charge is 2.13. The van der Waals surface area contributed by atoms with Gasteiger partial charge < -0.3 is 15.0 Å². The number of hydrogen-bond acceptors (Lipinski definition) is 5. The molecule has 0 saturated carbocycles. The Morgan fingerprint density at radius 2 is 2.33 bits per heavy atom. The summed E-state index contributed by atoms with van der Waals surface area (Å²) >= 11 is 1.74. The number of nitrogens with zero attached hydrogens (tertiary/aromatic N) is 2. The molecule has 1 fully saturated rings. The molecule has 5 heteroatoms. The fraction of sp³-hybridized carbons (Fsp3) is 0.769. The van der Waals surface area contributed by atoms with Gasteiger partial charge >= 0.3 is 0 Å². The fourth-order valence-electron chi connectivity index (χ4n) is 1.95. The van der Waals surface area contributed by atoms with Crippen LogP contribution in [0.15, 0.2) is 5.38 Å². The molecule has 4 nitrogen and oxygen atoms in total. The number of hydrogen-bond donors (Lipinski definition) is 1. The van der Waals surface area contributed by atoms with Crippen molar-refractivity contribution in [3.8, 4) is 0 Å². The highest BCUT2D eigenvalue weighted by Crippen LogP contribution is 2.21. The summed E-state index contributed by atoms with van der Waals surface area (Å²) in [6, 6.07) is 0. The molecular weight excluding hydrogens is 246 g/mol. The Bertz CT molecular complexity index is 346. The number of thiazole rings is 1. The third-order valence-corrected chi connectivity index (χ3v) is 3.84. The monoisotopic (exact) mass is 269 g/mol. The van der Waals surface area contributed by atoms with E-state index in [1.807, 2.05) is 0 Å². The van der Waals surface area contributed by atoms with E-state index in [-0.39, 0.29) is 0 Å². The lowest BCUT2D eigenvalue weighted by molar-refractivity contribution is 0.152. The molecule has 1 aliphatic heterocycles. The van der Waals surface area contributed by atoms with E-state index in [2.05, 4.69) is 29.4 Å². The van der Waals surface area contributed by atoms with Crippen LogP contribution in [0.3, 0.4) is 0 Å². The molecule has 0 radical (unpaired) electrons. The van der Waals surface area contributed by atoms with Crippen LogP contribution in [0.1, 0.15) is 26.0 Å². The minimum Gasteiger partial charge on any atom is -0.380 e. The number of rotatable bonds is 5. The lowest BCUT2D eigenvalue weighted by atomic mass is 10.2. The Balaban J connectivity index is 1.84. The van der Waals surface area contributed by atoms with Crippen molar-refractivity contribution in [2.75, 3.05) is 37.7 Å². The van der Waals surface area contributed by atoms with E-state index in [1.54, 1.807) is 11.3 Å². The van der Waals surface area contributed by atoms with Gasteiger partial charge in [0.05, 0.1) is 12.3 Å². The molecule has 0 atom stereocenters. The summed E-state index contributed by atoms with van der Waals surface area (Å²) in [7, 11) is 0. The standard InChI is InChI=1S/C13H23N3OS/c1-11(2)8-14-9-12-10-18-13(15-12)16-4-3-6-17-7-5-16/h10-11,14H,3-9H2,1-2H3. The molecule has 2 heterocycles. The van der Waals surface area contributed by atoms with Crippen LogP contribution < -0.4 is 10.2 Å². The van der Waals surface area contributed by atoms with Gasteiger partial charge in [0.25, 0.3) is 0 Å². The van der Waals surface area contributed by atoms with Crippen LogP contribution >= 0.6 is 11.3 Å². The Kier molecular flexibility index (Phi) is 5.41. The molecule has 1 aliphatic rings. The van der Waals surface area contributed by atoms with Crippen molar-refractivity contribution in [3.05, 3.63) is 11.1 Å². The molecule has 1 N–H and O–H groups in total. The molecule has 0 bridgehead atoms. The van der Waals surface area contributed by atoms with Crippen LogP contribution in [0.25, 0.3) is 0 Å². The average molecular weight is 269 g/mol. The van der Waals surface area contributed by atoms with Gasteiger partial charge in [0, 0.05) is 31.6 Å². The van der Waals surface area contributed by atoms with Crippen molar-refractivity contribution in [1.82, 2.24) is 10.3 Å². The second kappa shape index (κ2) is 7.07. The summed E-state index contributed by atoms with van der Waals surface area (Å²) in [4.78, 5) is 7.04. The van der Waals surface area contributed by atoms with Gasteiger partial charge in [-0.1, -0.05) is 13.8 Å². The maximum atomic E-state index is 5.47. The van der Waals surface area contributed by atoms with E-state index in [0.29, 0.717) is 5.92 Å². The van der Waals surface area contributed by atoms with Crippen LogP contribution in [-0.2, 0) is 11.3 Å². The first-order valence-corrected chi connectivity index (χ1v) is 7.61. The third-order valence-electron chi connectivity index (χ3n) is 2.89. The van der Waals surface area contributed by atoms with Crippen molar-refractivity contribution in [1.29, 1.82) is 0 Å². The van der Waals surface area contributed by atoms with Gasteiger partial charge in [-0.25, -0.2) is 4.98 Å². The highest BCUT2D eigenvalue weighted by atomic mass is 32.1. The first kappa shape index (κ1) is 13.8. The fourth-order valence-corrected chi connectivity index (χ4v) is 2.83. The molecule has 0 unspecified atom stereocenters. The van der Waals surface area contributed by atoms with Crippen LogP contribution in [0.4, 0.5) is 5.13 Å². The molecule has 0 aliphatic carbocycles. The first-order chi connectivity index (χ1) is 8.75. The molecule has 1 aromatic rings. The van der Waals surface area contributed by atoms with Gasteiger partial charge in [-0.15, -0.1) is 11.3 Å². The van der Waals surface area contributed by atoms with E-state index in [9.17, 15) is 0 Å². The molecule has 2 rings (SSSR count). The maximum Gasteiger partial charge on any atom is 0.185 e. The topological polar surface area (TPSA) is 37.4 Å². The number of ether oxygens (including phenoxy) is 1. The van der Waals surface area contributed by atoms with Gasteiger partial charge in [0.1, 0.15) is 0 Å². The SMILES string of the molecule is CC(C)CNCc1csc(N2CCCOCC2)n1. The predicted octanol–water partition coefficient (Wildman–Crippen LogP) is 2.12. The van der Waals surface area contributed by atoms with Crippen molar-refractivity contribution in [2.45, 2.75) is 26.8 Å². The Hall–Kier alpha value is -0.650. The summed E-state index contributed by atoms with van der Waals surface area (Å²) in [5, 5.41) is 6.73. The highest BCUT2D eigenvalue weighted by molar-refractivity contribution is 7.13. The van der Waals surface area contributed by atoms with Crippen molar-refractivity contribution < 1.29 is 4.74 Å². The van der Waals surface area contributed by atoms with Crippen LogP contribution in [-0.4, -0.2) is 37.8 Å². The van der Waals surface area contributed by atoms with Crippen molar-refractivity contribution >= 4 is 16.5 Å². The van der Waals surface area contributed by atoms with E-state index in [1.165, 1.54) is 0 Å². The summed E-state index contributed by atoms with van der Waals surface area (Å²) in [6.07, 6.45) is 1.10. The summed E-state index contributed by atoms with van der Waals surface area (Å²) in [5.41, 5.74) is 1.15. The van der Waals surface area contributed by atoms with Gasteiger partial charge in [0.15, 0.2) is 5.13 Å². The zero-order valence-corrected chi connectivity index (χ0v) is 12.1. The Morgan fingerprint density at radius 1 is 1.44 bits per heavy atom. The van der Waals surface area contributed by atoms with Crippen molar-refractivity contribution in [2.24, 2.45) is 5.92 Å². The van der Waals surface area contributed by atoms with Gasteiger partial charge in [0.2, 0.25) is 0 Å². The zero-order valence-electron chi connectivity index (χ0n) is 11.3. The smallest absolute Gasteiger partial charge is 0.185 e. The summed E-state index contributed by atoms with van der Waals surface area (Å²) in [6.45, 7) is 10.1. The average Bonchev–Trinajstić information content (AvgIpc) is 2.63. The molecule has 0 spiro atoms. The van der Waals surface area contributed by atoms with E-state index in [0.717, 1.165) is 56.6 Å². The Labute approximate surface area is 113 Å². The summed E-state index contributed by atoms with van der Waals surface area (Å²) < 4.78 is 5.47. The maximum absolute atomic E-state index is 5.47. The van der Waals surface area contributed by atoms with Crippen LogP contribution in [0.2, 0.25) is 0 Å². The van der Waals surface area contributed by atoms with E-state index < -0.39 is 0 Å². The molecule has 1 aromatic heterocycles. The molecular formula is C13H23N3OS. The van der Waals surface area contributed by atoms with E-state index in [4.69, 9.17) is 9.72 Å². The number of nitrogens with one attached hydrogen (secondary N) is 1. The lowest BCUT2D eigenvalue weighted by Gasteiger charge is -2.17.